The number of carbonyl (C=O) groups is 2. The third-order valence-electron chi connectivity index (χ3n) is 6.53. The Morgan fingerprint density at radius 1 is 0.757 bits per heavy atom. The van der Waals surface area contributed by atoms with Crippen LogP contribution in [0.2, 0.25) is 0 Å². The van der Waals surface area contributed by atoms with Crippen molar-refractivity contribution in [3.63, 3.8) is 0 Å². The van der Waals surface area contributed by atoms with Crippen LogP contribution in [0.5, 0.6) is 0 Å². The summed E-state index contributed by atoms with van der Waals surface area (Å²) >= 11 is 0. The van der Waals surface area contributed by atoms with Crippen LogP contribution < -0.4 is 5.69 Å². The fourth-order valence-electron chi connectivity index (χ4n) is 4.63. The van der Waals surface area contributed by atoms with Crippen molar-refractivity contribution in [2.45, 2.75) is 45.7 Å². The summed E-state index contributed by atoms with van der Waals surface area (Å²) in [5.74, 6) is -2.10. The molecule has 0 saturated heterocycles. The maximum absolute atomic E-state index is 13.5. The highest BCUT2D eigenvalue weighted by atomic mass is 16.4. The average molecular weight is 499 g/mol. The van der Waals surface area contributed by atoms with Gasteiger partial charge in [0.05, 0.1) is 17.8 Å². The minimum atomic E-state index is -1.10. The van der Waals surface area contributed by atoms with Crippen molar-refractivity contribution >= 4 is 11.9 Å². The van der Waals surface area contributed by atoms with E-state index in [0.29, 0.717) is 24.1 Å². The van der Waals surface area contributed by atoms with Gasteiger partial charge in [-0.1, -0.05) is 86.1 Å². The van der Waals surface area contributed by atoms with E-state index in [2.05, 4.69) is 0 Å². The van der Waals surface area contributed by atoms with E-state index in [9.17, 15) is 24.6 Å². The van der Waals surface area contributed by atoms with E-state index in [4.69, 9.17) is 0 Å². The van der Waals surface area contributed by atoms with Gasteiger partial charge in [0.1, 0.15) is 0 Å². The van der Waals surface area contributed by atoms with Crippen molar-refractivity contribution in [1.29, 1.82) is 0 Å². The molecule has 4 aromatic rings. The second-order valence-corrected chi connectivity index (χ2v) is 9.01. The van der Waals surface area contributed by atoms with E-state index in [1.54, 1.807) is 28.8 Å². The maximum Gasteiger partial charge on any atom is 0.354 e. The standard InChI is InChI=1S/C30H30N2O5/c1-2-3-13-26-27(29(35)36)31(19-18-21-9-5-4-6-10-21)30(37)32(26)20-22-14-16-23(17-15-22)24-11-7-8-12-25(24)28(33)34/h4-12,14-17H,2-3,13,18-20H2,1H3,(H,33,34)(H,35,36). The predicted molar refractivity (Wildman–Crippen MR) is 142 cm³/mol. The summed E-state index contributed by atoms with van der Waals surface area (Å²) in [7, 11) is 0. The summed E-state index contributed by atoms with van der Waals surface area (Å²) in [6.45, 7) is 2.54. The molecule has 0 saturated carbocycles. The van der Waals surface area contributed by atoms with Crippen molar-refractivity contribution in [3.8, 4) is 11.1 Å². The molecule has 0 atom stereocenters. The van der Waals surface area contributed by atoms with Gasteiger partial charge in [0.15, 0.2) is 5.69 Å². The third kappa shape index (κ3) is 5.72. The number of carboxylic acid groups (broad SMARTS) is 2. The van der Waals surface area contributed by atoms with E-state index < -0.39 is 11.9 Å². The molecule has 7 heteroatoms. The number of carboxylic acids is 2. The van der Waals surface area contributed by atoms with E-state index in [0.717, 1.165) is 29.5 Å². The molecule has 0 radical (unpaired) electrons. The lowest BCUT2D eigenvalue weighted by Gasteiger charge is -2.10. The number of aryl methyl sites for hydroxylation is 1. The van der Waals surface area contributed by atoms with Gasteiger partial charge in [-0.05, 0) is 47.6 Å². The highest BCUT2D eigenvalue weighted by Crippen LogP contribution is 2.25. The molecule has 2 N–H and O–H groups in total. The Hall–Kier alpha value is -4.39. The molecular weight excluding hydrogens is 468 g/mol. The first-order valence-corrected chi connectivity index (χ1v) is 12.4. The van der Waals surface area contributed by atoms with Crippen LogP contribution in [-0.4, -0.2) is 31.3 Å². The summed E-state index contributed by atoms with van der Waals surface area (Å²) in [6.07, 6.45) is 2.69. The number of nitrogens with zero attached hydrogens (tertiary/aromatic N) is 2. The third-order valence-corrected chi connectivity index (χ3v) is 6.53. The summed E-state index contributed by atoms with van der Waals surface area (Å²) in [4.78, 5) is 37.4. The first-order chi connectivity index (χ1) is 17.9. The number of imidazole rings is 1. The second-order valence-electron chi connectivity index (χ2n) is 9.01. The van der Waals surface area contributed by atoms with Crippen LogP contribution in [0.1, 0.15) is 57.4 Å². The molecule has 0 aliphatic rings. The SMILES string of the molecule is CCCCc1c(C(=O)O)n(CCc2ccccc2)c(=O)n1Cc1ccc(-c2ccccc2C(=O)O)cc1. The van der Waals surface area contributed by atoms with Crippen LogP contribution >= 0.6 is 0 Å². The minimum absolute atomic E-state index is 0.0568. The van der Waals surface area contributed by atoms with Crippen molar-refractivity contribution in [2.24, 2.45) is 0 Å². The van der Waals surface area contributed by atoms with Crippen LogP contribution in [-0.2, 0) is 25.9 Å². The number of unbranched alkanes of at least 4 members (excludes halogenated alkanes) is 1. The number of aromatic carboxylic acids is 2. The van der Waals surface area contributed by atoms with Crippen molar-refractivity contribution in [2.75, 3.05) is 0 Å². The van der Waals surface area contributed by atoms with Gasteiger partial charge in [0, 0.05) is 6.54 Å². The smallest absolute Gasteiger partial charge is 0.354 e. The number of aromatic nitrogens is 2. The molecule has 0 fully saturated rings. The zero-order chi connectivity index (χ0) is 26.4. The van der Waals surface area contributed by atoms with Gasteiger partial charge in [-0.15, -0.1) is 0 Å². The second kappa shape index (κ2) is 11.6. The Bertz CT molecular complexity index is 1450. The van der Waals surface area contributed by atoms with Gasteiger partial charge in [-0.2, -0.15) is 0 Å². The largest absolute Gasteiger partial charge is 0.478 e. The van der Waals surface area contributed by atoms with Crippen LogP contribution in [0.3, 0.4) is 0 Å². The summed E-state index contributed by atoms with van der Waals surface area (Å²) in [5.41, 5.74) is 3.71. The van der Waals surface area contributed by atoms with Gasteiger partial charge >= 0.3 is 17.6 Å². The molecule has 190 valence electrons. The summed E-state index contributed by atoms with van der Waals surface area (Å²) < 4.78 is 2.96. The van der Waals surface area contributed by atoms with Gasteiger partial charge in [-0.3, -0.25) is 9.13 Å². The first-order valence-electron chi connectivity index (χ1n) is 12.4. The van der Waals surface area contributed by atoms with E-state index >= 15 is 0 Å². The molecule has 1 heterocycles. The maximum atomic E-state index is 13.5. The molecule has 0 aliphatic carbocycles. The van der Waals surface area contributed by atoms with Gasteiger partial charge in [-0.25, -0.2) is 14.4 Å². The Morgan fingerprint density at radius 3 is 2.08 bits per heavy atom. The monoisotopic (exact) mass is 498 g/mol. The van der Waals surface area contributed by atoms with Gasteiger partial charge < -0.3 is 10.2 Å². The Labute approximate surface area is 215 Å². The van der Waals surface area contributed by atoms with Gasteiger partial charge in [0.2, 0.25) is 0 Å². The first kappa shape index (κ1) is 25.7. The number of hydrogen-bond acceptors (Lipinski definition) is 3. The van der Waals surface area contributed by atoms with Gasteiger partial charge in [0.25, 0.3) is 0 Å². The lowest BCUT2D eigenvalue weighted by atomic mass is 9.99. The quantitative estimate of drug-likeness (QED) is 0.290. The summed E-state index contributed by atoms with van der Waals surface area (Å²) in [6, 6.07) is 23.9. The molecule has 0 bridgehead atoms. The number of benzene rings is 3. The molecule has 0 spiro atoms. The Kier molecular flexibility index (Phi) is 8.03. The average Bonchev–Trinajstić information content (AvgIpc) is 3.17. The molecule has 4 rings (SSSR count). The topological polar surface area (TPSA) is 102 Å². The molecule has 37 heavy (non-hydrogen) atoms. The van der Waals surface area contributed by atoms with Crippen LogP contribution in [0.4, 0.5) is 0 Å². The van der Waals surface area contributed by atoms with E-state index in [1.807, 2.05) is 61.5 Å². The van der Waals surface area contributed by atoms with Crippen molar-refractivity contribution < 1.29 is 19.8 Å². The van der Waals surface area contributed by atoms with Crippen molar-refractivity contribution in [1.82, 2.24) is 9.13 Å². The fraction of sp³-hybridized carbons (Fsp3) is 0.233. The van der Waals surface area contributed by atoms with Crippen LogP contribution in [0, 0.1) is 0 Å². The molecule has 0 unspecified atom stereocenters. The number of hydrogen-bond donors (Lipinski definition) is 2. The highest BCUT2D eigenvalue weighted by Gasteiger charge is 2.24. The normalized spacial score (nSPS) is 10.9. The lowest BCUT2D eigenvalue weighted by molar-refractivity contribution is 0.0677. The van der Waals surface area contributed by atoms with E-state index in [1.165, 1.54) is 4.57 Å². The number of rotatable bonds is 11. The molecular formula is C30H30N2O5. The van der Waals surface area contributed by atoms with Crippen LogP contribution in [0.25, 0.3) is 11.1 Å². The molecule has 0 amide bonds. The Balaban J connectivity index is 1.69. The minimum Gasteiger partial charge on any atom is -0.478 e. The zero-order valence-electron chi connectivity index (χ0n) is 20.8. The summed E-state index contributed by atoms with van der Waals surface area (Å²) in [5, 5.41) is 19.6. The molecule has 7 nitrogen and oxygen atoms in total. The lowest BCUT2D eigenvalue weighted by Crippen LogP contribution is -2.27. The zero-order valence-corrected chi connectivity index (χ0v) is 20.8. The van der Waals surface area contributed by atoms with Crippen molar-refractivity contribution in [3.05, 3.63) is 117 Å². The predicted octanol–water partition coefficient (Wildman–Crippen LogP) is 5.35. The molecule has 3 aromatic carbocycles. The highest BCUT2D eigenvalue weighted by molar-refractivity contribution is 5.96. The molecule has 1 aromatic heterocycles. The Morgan fingerprint density at radius 2 is 1.43 bits per heavy atom. The van der Waals surface area contributed by atoms with E-state index in [-0.39, 0.29) is 30.0 Å². The van der Waals surface area contributed by atoms with Crippen LogP contribution in [0.15, 0.2) is 83.7 Å². The fourth-order valence-corrected chi connectivity index (χ4v) is 4.63. The molecule has 0 aliphatic heterocycles.